The number of hydrogen-bond acceptors (Lipinski definition) is 3. The van der Waals surface area contributed by atoms with E-state index in [0.717, 1.165) is 0 Å². The molecule has 1 saturated heterocycles. The van der Waals surface area contributed by atoms with E-state index in [9.17, 15) is 13.6 Å². The molecular weight excluding hydrogens is 310 g/mol. The first-order valence-corrected chi connectivity index (χ1v) is 6.09. The average Bonchev–Trinajstić information content (AvgIpc) is 2.63. The molecule has 0 bridgehead atoms. The fourth-order valence-electron chi connectivity index (χ4n) is 1.80. The maximum atomic E-state index is 12.2. The number of hydrogen-bond donors (Lipinski definition) is 1. The van der Waals surface area contributed by atoms with Crippen LogP contribution in [0.3, 0.4) is 0 Å². The number of benzene rings is 1. The van der Waals surface area contributed by atoms with Crippen LogP contribution in [0, 0.1) is 0 Å². The Balaban J connectivity index is 2.27. The molecule has 1 aromatic carbocycles. The van der Waals surface area contributed by atoms with E-state index in [2.05, 4.69) is 20.7 Å². The molecule has 98 valence electrons. The van der Waals surface area contributed by atoms with Crippen molar-refractivity contribution in [1.29, 1.82) is 0 Å². The van der Waals surface area contributed by atoms with Crippen LogP contribution in [0.4, 0.5) is 14.5 Å². The van der Waals surface area contributed by atoms with E-state index in [1.165, 1.54) is 11.0 Å². The minimum Gasteiger partial charge on any atom is -0.434 e. The molecule has 4 nitrogen and oxygen atoms in total. The van der Waals surface area contributed by atoms with E-state index in [1.54, 1.807) is 12.1 Å². The summed E-state index contributed by atoms with van der Waals surface area (Å²) >= 11 is 3.11. The third-order valence-electron chi connectivity index (χ3n) is 2.69. The largest absolute Gasteiger partial charge is 0.434 e. The SMILES string of the molecule is NC1CCN(c2ccc(Br)c(OC(F)F)c2)C1=O. The van der Waals surface area contributed by atoms with Crippen molar-refractivity contribution in [2.45, 2.75) is 19.1 Å². The van der Waals surface area contributed by atoms with Gasteiger partial charge in [0.2, 0.25) is 5.91 Å². The molecule has 0 saturated carbocycles. The van der Waals surface area contributed by atoms with Gasteiger partial charge in [0.15, 0.2) is 0 Å². The number of amides is 1. The number of nitrogens with two attached hydrogens (primary N) is 1. The Morgan fingerprint density at radius 2 is 2.22 bits per heavy atom. The molecule has 1 atom stereocenters. The van der Waals surface area contributed by atoms with Gasteiger partial charge in [-0.05, 0) is 34.5 Å². The van der Waals surface area contributed by atoms with Gasteiger partial charge in [-0.3, -0.25) is 4.79 Å². The summed E-state index contributed by atoms with van der Waals surface area (Å²) in [4.78, 5) is 13.2. The first-order valence-electron chi connectivity index (χ1n) is 5.30. The Bertz CT molecular complexity index is 470. The molecule has 1 amide bonds. The van der Waals surface area contributed by atoms with E-state index in [0.29, 0.717) is 23.1 Å². The van der Waals surface area contributed by atoms with Gasteiger partial charge in [0.1, 0.15) is 5.75 Å². The Morgan fingerprint density at radius 1 is 1.50 bits per heavy atom. The van der Waals surface area contributed by atoms with Crippen LogP contribution in [0.2, 0.25) is 0 Å². The molecule has 1 aromatic rings. The van der Waals surface area contributed by atoms with Crippen LogP contribution in [0.5, 0.6) is 5.75 Å². The molecule has 1 aliphatic heterocycles. The Morgan fingerprint density at radius 3 is 2.78 bits per heavy atom. The summed E-state index contributed by atoms with van der Waals surface area (Å²) < 4.78 is 29.2. The maximum absolute atomic E-state index is 12.2. The van der Waals surface area contributed by atoms with Crippen LogP contribution < -0.4 is 15.4 Å². The highest BCUT2D eigenvalue weighted by molar-refractivity contribution is 9.10. The molecule has 0 aromatic heterocycles. The van der Waals surface area contributed by atoms with E-state index < -0.39 is 12.7 Å². The lowest BCUT2D eigenvalue weighted by molar-refractivity contribution is -0.118. The van der Waals surface area contributed by atoms with Crippen LogP contribution in [-0.2, 0) is 4.79 Å². The predicted octanol–water partition coefficient (Wildman–Crippen LogP) is 2.11. The molecular formula is C11H11BrF2N2O2. The first kappa shape index (κ1) is 13.2. The van der Waals surface area contributed by atoms with Crippen molar-refractivity contribution in [1.82, 2.24) is 0 Å². The Labute approximate surface area is 111 Å². The molecule has 1 aliphatic rings. The minimum absolute atomic E-state index is 0.00392. The molecule has 1 heterocycles. The topological polar surface area (TPSA) is 55.6 Å². The number of ether oxygens (including phenoxy) is 1. The highest BCUT2D eigenvalue weighted by atomic mass is 79.9. The van der Waals surface area contributed by atoms with E-state index >= 15 is 0 Å². The zero-order valence-corrected chi connectivity index (χ0v) is 10.9. The summed E-state index contributed by atoms with van der Waals surface area (Å²) in [6.45, 7) is -2.43. The van der Waals surface area contributed by atoms with Crippen molar-refractivity contribution in [2.75, 3.05) is 11.4 Å². The summed E-state index contributed by atoms with van der Waals surface area (Å²) in [5, 5.41) is 0. The van der Waals surface area contributed by atoms with Gasteiger partial charge in [-0.25, -0.2) is 0 Å². The highest BCUT2D eigenvalue weighted by Gasteiger charge is 2.30. The van der Waals surface area contributed by atoms with Crippen molar-refractivity contribution >= 4 is 27.5 Å². The quantitative estimate of drug-likeness (QED) is 0.928. The molecule has 1 unspecified atom stereocenters. The Hall–Kier alpha value is -1.21. The number of nitrogens with zero attached hydrogens (tertiary/aromatic N) is 1. The van der Waals surface area contributed by atoms with E-state index in [1.807, 2.05) is 0 Å². The standard InChI is InChI=1S/C11H11BrF2N2O2/c12-7-2-1-6(5-9(7)18-11(13)14)16-4-3-8(15)10(16)17/h1-2,5,8,11H,3-4,15H2. The maximum Gasteiger partial charge on any atom is 0.387 e. The molecule has 1 fully saturated rings. The van der Waals surface area contributed by atoms with Gasteiger partial charge in [-0.2, -0.15) is 8.78 Å². The summed E-state index contributed by atoms with van der Waals surface area (Å²) in [7, 11) is 0. The van der Waals surface area contributed by atoms with E-state index in [4.69, 9.17) is 5.73 Å². The fraction of sp³-hybridized carbons (Fsp3) is 0.364. The van der Waals surface area contributed by atoms with Crippen molar-refractivity contribution in [3.63, 3.8) is 0 Å². The van der Waals surface area contributed by atoms with Gasteiger partial charge in [-0.15, -0.1) is 0 Å². The molecule has 2 N–H and O–H groups in total. The number of alkyl halides is 2. The van der Waals surface area contributed by atoms with Crippen LogP contribution in [0.15, 0.2) is 22.7 Å². The van der Waals surface area contributed by atoms with Crippen LogP contribution in [0.1, 0.15) is 6.42 Å². The lowest BCUT2D eigenvalue weighted by atomic mass is 10.2. The van der Waals surface area contributed by atoms with Crippen molar-refractivity contribution in [3.05, 3.63) is 22.7 Å². The molecule has 18 heavy (non-hydrogen) atoms. The summed E-state index contributed by atoms with van der Waals surface area (Å²) in [5.41, 5.74) is 6.11. The van der Waals surface area contributed by atoms with Crippen molar-refractivity contribution in [2.24, 2.45) is 5.73 Å². The average molecular weight is 321 g/mol. The first-order chi connectivity index (χ1) is 8.49. The van der Waals surface area contributed by atoms with Gasteiger partial charge >= 0.3 is 6.61 Å². The summed E-state index contributed by atoms with van der Waals surface area (Å²) in [6.07, 6.45) is 0.555. The van der Waals surface area contributed by atoms with Gasteiger partial charge in [0, 0.05) is 18.3 Å². The zero-order chi connectivity index (χ0) is 13.3. The van der Waals surface area contributed by atoms with Crippen LogP contribution >= 0.6 is 15.9 Å². The molecule has 7 heteroatoms. The van der Waals surface area contributed by atoms with Crippen molar-refractivity contribution in [3.8, 4) is 5.75 Å². The van der Waals surface area contributed by atoms with Gasteiger partial charge in [0.05, 0.1) is 10.5 Å². The second kappa shape index (κ2) is 5.19. The number of carbonyl (C=O) groups excluding carboxylic acids is 1. The minimum atomic E-state index is -2.91. The van der Waals surface area contributed by atoms with Gasteiger partial charge < -0.3 is 15.4 Å². The van der Waals surface area contributed by atoms with Crippen molar-refractivity contribution < 1.29 is 18.3 Å². The third kappa shape index (κ3) is 2.62. The predicted molar refractivity (Wildman–Crippen MR) is 65.7 cm³/mol. The number of halogens is 3. The third-order valence-corrected chi connectivity index (χ3v) is 3.34. The molecule has 2 rings (SSSR count). The number of rotatable bonds is 3. The zero-order valence-electron chi connectivity index (χ0n) is 9.28. The fourth-order valence-corrected chi connectivity index (χ4v) is 2.14. The Kier molecular flexibility index (Phi) is 3.82. The van der Waals surface area contributed by atoms with Crippen LogP contribution in [-0.4, -0.2) is 25.1 Å². The molecule has 0 aliphatic carbocycles. The van der Waals surface area contributed by atoms with Crippen LogP contribution in [0.25, 0.3) is 0 Å². The highest BCUT2D eigenvalue weighted by Crippen LogP contribution is 2.32. The second-order valence-electron chi connectivity index (χ2n) is 3.88. The van der Waals surface area contributed by atoms with Gasteiger partial charge in [0.25, 0.3) is 0 Å². The smallest absolute Gasteiger partial charge is 0.387 e. The lowest BCUT2D eigenvalue weighted by Crippen LogP contribution is -2.33. The number of anilines is 1. The summed E-state index contributed by atoms with van der Waals surface area (Å²) in [5.74, 6) is -0.212. The monoisotopic (exact) mass is 320 g/mol. The van der Waals surface area contributed by atoms with Gasteiger partial charge in [-0.1, -0.05) is 0 Å². The normalized spacial score (nSPS) is 19.7. The molecule has 0 spiro atoms. The molecule has 0 radical (unpaired) electrons. The second-order valence-corrected chi connectivity index (χ2v) is 4.73. The lowest BCUT2D eigenvalue weighted by Gasteiger charge is -2.17. The number of carbonyl (C=O) groups is 1. The summed E-state index contributed by atoms with van der Waals surface area (Å²) in [6, 6.07) is 4.09. The van der Waals surface area contributed by atoms with E-state index in [-0.39, 0.29) is 11.7 Å².